The summed E-state index contributed by atoms with van der Waals surface area (Å²) in [5.41, 5.74) is 1.39. The third-order valence-corrected chi connectivity index (χ3v) is 4.42. The Morgan fingerprint density at radius 1 is 1.22 bits per heavy atom. The van der Waals surface area contributed by atoms with Crippen LogP contribution in [-0.4, -0.2) is 29.6 Å². The summed E-state index contributed by atoms with van der Waals surface area (Å²) in [6.07, 6.45) is 6.45. The summed E-state index contributed by atoms with van der Waals surface area (Å²) in [5.74, 6) is 2.74. The number of piperidine rings is 1. The van der Waals surface area contributed by atoms with Gasteiger partial charge in [-0.3, -0.25) is 0 Å². The Morgan fingerprint density at radius 2 is 2.09 bits per heavy atom. The number of aromatic nitrogens is 2. The van der Waals surface area contributed by atoms with E-state index in [0.717, 1.165) is 50.0 Å². The number of nitrogens with zero attached hydrogens (tertiary/aromatic N) is 3. The van der Waals surface area contributed by atoms with Crippen molar-refractivity contribution in [2.75, 3.05) is 29.9 Å². The van der Waals surface area contributed by atoms with Crippen molar-refractivity contribution >= 4 is 11.6 Å². The van der Waals surface area contributed by atoms with Crippen LogP contribution in [0, 0.1) is 5.92 Å². The van der Waals surface area contributed by atoms with Crippen LogP contribution in [0.5, 0.6) is 0 Å². The molecule has 23 heavy (non-hydrogen) atoms. The first-order valence-electron chi connectivity index (χ1n) is 8.66. The number of rotatable bonds is 6. The second-order valence-electron chi connectivity index (χ2n) is 6.47. The summed E-state index contributed by atoms with van der Waals surface area (Å²) >= 11 is 0. The Hall–Kier alpha value is -2.10. The highest BCUT2D eigenvalue weighted by molar-refractivity contribution is 5.48. The molecule has 0 spiro atoms. The van der Waals surface area contributed by atoms with E-state index in [1.165, 1.54) is 18.4 Å². The van der Waals surface area contributed by atoms with E-state index in [4.69, 9.17) is 0 Å². The molecular formula is C19H26N4. The second kappa shape index (κ2) is 7.95. The Balaban J connectivity index is 1.49. The zero-order valence-electron chi connectivity index (χ0n) is 13.9. The summed E-state index contributed by atoms with van der Waals surface area (Å²) < 4.78 is 0. The van der Waals surface area contributed by atoms with E-state index in [-0.39, 0.29) is 0 Å². The summed E-state index contributed by atoms with van der Waals surface area (Å²) in [4.78, 5) is 11.2. The predicted molar refractivity (Wildman–Crippen MR) is 95.9 cm³/mol. The highest BCUT2D eigenvalue weighted by Crippen LogP contribution is 2.22. The molecule has 2 heterocycles. The Bertz CT molecular complexity index is 599. The van der Waals surface area contributed by atoms with Gasteiger partial charge < -0.3 is 10.2 Å². The molecule has 4 heteroatoms. The Labute approximate surface area is 139 Å². The van der Waals surface area contributed by atoms with E-state index in [1.54, 1.807) is 6.33 Å². The van der Waals surface area contributed by atoms with Crippen molar-refractivity contribution in [2.24, 2.45) is 5.92 Å². The fourth-order valence-electron chi connectivity index (χ4n) is 3.17. The third kappa shape index (κ3) is 4.68. The standard InChI is InChI=1S/C19H26N4/c1-16-7-6-12-23(14-16)19-13-18(21-15-22-19)20-11-5-10-17-8-3-2-4-9-17/h2-4,8-9,13,15-16H,5-7,10-12,14H2,1H3,(H,20,21,22). The molecular weight excluding hydrogens is 284 g/mol. The average Bonchev–Trinajstić information content (AvgIpc) is 2.60. The molecule has 0 radical (unpaired) electrons. The normalized spacial score (nSPS) is 18.0. The highest BCUT2D eigenvalue weighted by Gasteiger charge is 2.17. The molecule has 0 amide bonds. The van der Waals surface area contributed by atoms with Gasteiger partial charge >= 0.3 is 0 Å². The lowest BCUT2D eigenvalue weighted by Crippen LogP contribution is -2.34. The molecule has 1 aliphatic heterocycles. The average molecular weight is 310 g/mol. The van der Waals surface area contributed by atoms with E-state index in [9.17, 15) is 0 Å². The molecule has 1 aromatic carbocycles. The Kier molecular flexibility index (Phi) is 5.46. The van der Waals surface area contributed by atoms with Gasteiger partial charge in [0.25, 0.3) is 0 Å². The predicted octanol–water partition coefficient (Wildman–Crippen LogP) is 3.76. The molecule has 1 aromatic heterocycles. The van der Waals surface area contributed by atoms with Crippen molar-refractivity contribution in [1.82, 2.24) is 9.97 Å². The maximum absolute atomic E-state index is 4.45. The summed E-state index contributed by atoms with van der Waals surface area (Å²) in [5, 5.41) is 3.43. The number of hydrogen-bond donors (Lipinski definition) is 1. The summed E-state index contributed by atoms with van der Waals surface area (Å²) in [7, 11) is 0. The molecule has 0 saturated carbocycles. The maximum atomic E-state index is 4.45. The molecule has 1 N–H and O–H groups in total. The van der Waals surface area contributed by atoms with Gasteiger partial charge in [-0.05, 0) is 37.2 Å². The lowest BCUT2D eigenvalue weighted by Gasteiger charge is -2.31. The van der Waals surface area contributed by atoms with Crippen LogP contribution in [0.3, 0.4) is 0 Å². The van der Waals surface area contributed by atoms with E-state index >= 15 is 0 Å². The molecule has 1 aliphatic rings. The zero-order valence-corrected chi connectivity index (χ0v) is 13.9. The molecule has 0 aliphatic carbocycles. The molecule has 1 unspecified atom stereocenters. The van der Waals surface area contributed by atoms with Crippen LogP contribution in [0.1, 0.15) is 31.7 Å². The first-order valence-corrected chi connectivity index (χ1v) is 8.66. The largest absolute Gasteiger partial charge is 0.370 e. The van der Waals surface area contributed by atoms with Gasteiger partial charge in [-0.1, -0.05) is 37.3 Å². The summed E-state index contributed by atoms with van der Waals surface area (Å²) in [6.45, 7) is 5.46. The van der Waals surface area contributed by atoms with Crippen LogP contribution < -0.4 is 10.2 Å². The summed E-state index contributed by atoms with van der Waals surface area (Å²) in [6, 6.07) is 12.7. The van der Waals surface area contributed by atoms with E-state index in [1.807, 2.05) is 0 Å². The van der Waals surface area contributed by atoms with Gasteiger partial charge in [0.1, 0.15) is 18.0 Å². The first-order chi connectivity index (χ1) is 11.3. The fourth-order valence-corrected chi connectivity index (χ4v) is 3.17. The van der Waals surface area contributed by atoms with Gasteiger partial charge in [0, 0.05) is 25.7 Å². The van der Waals surface area contributed by atoms with Crippen LogP contribution in [0.2, 0.25) is 0 Å². The van der Waals surface area contributed by atoms with Gasteiger partial charge in [-0.25, -0.2) is 9.97 Å². The number of benzene rings is 1. The number of aryl methyl sites for hydroxylation is 1. The van der Waals surface area contributed by atoms with Gasteiger partial charge in [0.05, 0.1) is 0 Å². The SMILES string of the molecule is CC1CCCN(c2cc(NCCCc3ccccc3)ncn2)C1. The molecule has 1 atom stereocenters. The van der Waals surface area contributed by atoms with Crippen molar-refractivity contribution in [3.63, 3.8) is 0 Å². The van der Waals surface area contributed by atoms with E-state index in [0.29, 0.717) is 0 Å². The van der Waals surface area contributed by atoms with E-state index < -0.39 is 0 Å². The Morgan fingerprint density at radius 3 is 2.91 bits per heavy atom. The monoisotopic (exact) mass is 310 g/mol. The first kappa shape index (κ1) is 15.8. The number of nitrogens with one attached hydrogen (secondary N) is 1. The van der Waals surface area contributed by atoms with Gasteiger partial charge in [-0.2, -0.15) is 0 Å². The van der Waals surface area contributed by atoms with Crippen molar-refractivity contribution in [3.05, 3.63) is 48.3 Å². The van der Waals surface area contributed by atoms with Crippen molar-refractivity contribution in [1.29, 1.82) is 0 Å². The highest BCUT2D eigenvalue weighted by atomic mass is 15.2. The number of hydrogen-bond acceptors (Lipinski definition) is 4. The molecule has 0 bridgehead atoms. The molecule has 1 fully saturated rings. The molecule has 4 nitrogen and oxygen atoms in total. The third-order valence-electron chi connectivity index (χ3n) is 4.42. The van der Waals surface area contributed by atoms with Crippen molar-refractivity contribution < 1.29 is 0 Å². The lowest BCUT2D eigenvalue weighted by atomic mass is 10.0. The molecule has 3 rings (SSSR count). The van der Waals surface area contributed by atoms with Gasteiger partial charge in [0.15, 0.2) is 0 Å². The number of anilines is 2. The minimum absolute atomic E-state index is 0.751. The minimum atomic E-state index is 0.751. The molecule has 122 valence electrons. The van der Waals surface area contributed by atoms with E-state index in [2.05, 4.69) is 63.5 Å². The fraction of sp³-hybridized carbons (Fsp3) is 0.474. The maximum Gasteiger partial charge on any atom is 0.134 e. The minimum Gasteiger partial charge on any atom is -0.370 e. The lowest BCUT2D eigenvalue weighted by molar-refractivity contribution is 0.444. The molecule has 1 saturated heterocycles. The van der Waals surface area contributed by atoms with Crippen molar-refractivity contribution in [2.45, 2.75) is 32.6 Å². The smallest absolute Gasteiger partial charge is 0.134 e. The van der Waals surface area contributed by atoms with Gasteiger partial charge in [0.2, 0.25) is 0 Å². The van der Waals surface area contributed by atoms with Crippen LogP contribution in [0.4, 0.5) is 11.6 Å². The van der Waals surface area contributed by atoms with Crippen LogP contribution >= 0.6 is 0 Å². The topological polar surface area (TPSA) is 41.0 Å². The van der Waals surface area contributed by atoms with Crippen LogP contribution in [-0.2, 0) is 6.42 Å². The molecule has 2 aromatic rings. The van der Waals surface area contributed by atoms with Crippen LogP contribution in [0.25, 0.3) is 0 Å². The van der Waals surface area contributed by atoms with Gasteiger partial charge in [-0.15, -0.1) is 0 Å². The van der Waals surface area contributed by atoms with Crippen molar-refractivity contribution in [3.8, 4) is 0 Å². The quantitative estimate of drug-likeness (QED) is 0.825. The van der Waals surface area contributed by atoms with Crippen LogP contribution in [0.15, 0.2) is 42.7 Å². The zero-order chi connectivity index (χ0) is 15.9. The second-order valence-corrected chi connectivity index (χ2v) is 6.47.